The molecule has 0 atom stereocenters. The molecule has 0 unspecified atom stereocenters. The molecule has 1 aromatic rings. The van der Waals surface area contributed by atoms with Crippen molar-refractivity contribution in [1.82, 2.24) is 0 Å². The van der Waals surface area contributed by atoms with Gasteiger partial charge in [-0.25, -0.2) is 0 Å². The number of nitrogens with zero attached hydrogens (tertiary/aromatic N) is 2. The smallest absolute Gasteiger partial charge is 0.170 e. The van der Waals surface area contributed by atoms with E-state index in [9.17, 15) is 0 Å². The summed E-state index contributed by atoms with van der Waals surface area (Å²) in [4.78, 5) is 2.23. The fourth-order valence-corrected chi connectivity index (χ4v) is 2.23. The van der Waals surface area contributed by atoms with Crippen molar-refractivity contribution >= 4 is 11.5 Å². The van der Waals surface area contributed by atoms with Gasteiger partial charge in [-0.2, -0.15) is 0 Å². The van der Waals surface area contributed by atoms with Crippen molar-refractivity contribution in [1.29, 1.82) is 0 Å². The van der Waals surface area contributed by atoms with Gasteiger partial charge in [0.1, 0.15) is 0 Å². The van der Waals surface area contributed by atoms with Gasteiger partial charge in [-0.3, -0.25) is 0 Å². The molecule has 0 radical (unpaired) electrons. The Morgan fingerprint density at radius 1 is 1.44 bits per heavy atom. The second-order valence-electron chi connectivity index (χ2n) is 4.49. The Morgan fingerprint density at radius 3 is 2.83 bits per heavy atom. The van der Waals surface area contributed by atoms with Crippen LogP contribution in [0, 0.1) is 0 Å². The first-order valence-corrected chi connectivity index (χ1v) is 6.11. The lowest BCUT2D eigenvalue weighted by Gasteiger charge is -2.33. The summed E-state index contributed by atoms with van der Waals surface area (Å²) in [6.45, 7) is 1.63. The topological polar surface area (TPSA) is 71.1 Å². The van der Waals surface area contributed by atoms with Gasteiger partial charge in [0.2, 0.25) is 0 Å². The standard InChI is InChI=1S/C13H19N3O2/c1-16(11-5-7-18-8-6-11)12-4-2-3-10(9-12)13(14)15-17/h2-4,9,11,17H,5-8H2,1H3,(H2,14,15). The molecular formula is C13H19N3O2. The molecule has 0 bridgehead atoms. The average Bonchev–Trinajstić information content (AvgIpc) is 2.46. The molecule has 1 aromatic carbocycles. The van der Waals surface area contributed by atoms with Crippen LogP contribution in [0.3, 0.4) is 0 Å². The van der Waals surface area contributed by atoms with E-state index in [4.69, 9.17) is 15.7 Å². The lowest BCUT2D eigenvalue weighted by Crippen LogP contribution is -2.36. The van der Waals surface area contributed by atoms with Gasteiger partial charge in [0, 0.05) is 37.6 Å². The Balaban J connectivity index is 2.16. The van der Waals surface area contributed by atoms with Crippen molar-refractivity contribution in [2.75, 3.05) is 25.2 Å². The number of benzene rings is 1. The van der Waals surface area contributed by atoms with Gasteiger partial charge in [0.05, 0.1) is 0 Å². The molecule has 18 heavy (non-hydrogen) atoms. The van der Waals surface area contributed by atoms with Crippen molar-refractivity contribution in [3.05, 3.63) is 29.8 Å². The molecule has 1 aliphatic rings. The molecule has 0 amide bonds. The summed E-state index contributed by atoms with van der Waals surface area (Å²) in [5, 5.41) is 11.7. The summed E-state index contributed by atoms with van der Waals surface area (Å²) >= 11 is 0. The van der Waals surface area contributed by atoms with Crippen molar-refractivity contribution < 1.29 is 9.94 Å². The second kappa shape index (κ2) is 5.73. The molecule has 1 saturated heterocycles. The third-order valence-electron chi connectivity index (χ3n) is 3.40. The largest absolute Gasteiger partial charge is 0.409 e. The van der Waals surface area contributed by atoms with Crippen LogP contribution in [0.5, 0.6) is 0 Å². The number of hydrogen-bond acceptors (Lipinski definition) is 4. The molecule has 98 valence electrons. The Kier molecular flexibility index (Phi) is 4.04. The van der Waals surface area contributed by atoms with Crippen LogP contribution >= 0.6 is 0 Å². The highest BCUT2D eigenvalue weighted by Gasteiger charge is 2.19. The molecule has 1 aliphatic heterocycles. The number of oxime groups is 1. The summed E-state index contributed by atoms with van der Waals surface area (Å²) in [6.07, 6.45) is 2.06. The maximum atomic E-state index is 8.70. The normalized spacial score (nSPS) is 17.7. The van der Waals surface area contributed by atoms with Gasteiger partial charge in [-0.1, -0.05) is 17.3 Å². The van der Waals surface area contributed by atoms with E-state index in [0.717, 1.165) is 37.3 Å². The zero-order valence-corrected chi connectivity index (χ0v) is 10.5. The van der Waals surface area contributed by atoms with Gasteiger partial charge in [-0.05, 0) is 25.0 Å². The molecule has 5 nitrogen and oxygen atoms in total. The number of rotatable bonds is 3. The maximum Gasteiger partial charge on any atom is 0.170 e. The molecule has 0 aromatic heterocycles. The Hall–Kier alpha value is -1.75. The molecule has 0 aliphatic carbocycles. The van der Waals surface area contributed by atoms with Crippen LogP contribution in [-0.2, 0) is 4.74 Å². The van der Waals surface area contributed by atoms with Crippen LogP contribution in [0.2, 0.25) is 0 Å². The lowest BCUT2D eigenvalue weighted by atomic mass is 10.1. The van der Waals surface area contributed by atoms with E-state index < -0.39 is 0 Å². The number of anilines is 1. The molecule has 0 saturated carbocycles. The quantitative estimate of drug-likeness (QED) is 0.367. The second-order valence-corrected chi connectivity index (χ2v) is 4.49. The van der Waals surface area contributed by atoms with E-state index in [-0.39, 0.29) is 5.84 Å². The van der Waals surface area contributed by atoms with Gasteiger partial charge >= 0.3 is 0 Å². The van der Waals surface area contributed by atoms with Crippen LogP contribution in [0.4, 0.5) is 5.69 Å². The zero-order chi connectivity index (χ0) is 13.0. The monoisotopic (exact) mass is 249 g/mol. The predicted molar refractivity (Wildman–Crippen MR) is 71.2 cm³/mol. The van der Waals surface area contributed by atoms with Gasteiger partial charge in [0.25, 0.3) is 0 Å². The number of nitrogens with two attached hydrogens (primary N) is 1. The minimum Gasteiger partial charge on any atom is -0.409 e. The van der Waals surface area contributed by atoms with Crippen LogP contribution in [-0.4, -0.2) is 37.3 Å². The third kappa shape index (κ3) is 2.73. The summed E-state index contributed by atoms with van der Waals surface area (Å²) in [6, 6.07) is 8.20. The number of ether oxygens (including phenoxy) is 1. The minimum absolute atomic E-state index is 0.136. The van der Waals surface area contributed by atoms with E-state index >= 15 is 0 Å². The highest BCUT2D eigenvalue weighted by Crippen LogP contribution is 2.22. The maximum absolute atomic E-state index is 8.70. The van der Waals surface area contributed by atoms with Crippen LogP contribution in [0.15, 0.2) is 29.4 Å². The predicted octanol–water partition coefficient (Wildman–Crippen LogP) is 1.40. The van der Waals surface area contributed by atoms with Gasteiger partial charge < -0.3 is 20.6 Å². The molecule has 5 heteroatoms. The van der Waals surface area contributed by atoms with Crippen molar-refractivity contribution in [2.24, 2.45) is 10.9 Å². The summed E-state index contributed by atoms with van der Waals surface area (Å²) < 4.78 is 5.37. The SMILES string of the molecule is CN(c1cccc(C(N)=NO)c1)C1CCOCC1. The summed E-state index contributed by atoms with van der Waals surface area (Å²) in [5.41, 5.74) is 7.41. The Bertz CT molecular complexity index is 428. The van der Waals surface area contributed by atoms with Crippen molar-refractivity contribution in [3.8, 4) is 0 Å². The third-order valence-corrected chi connectivity index (χ3v) is 3.40. The van der Waals surface area contributed by atoms with Crippen LogP contribution < -0.4 is 10.6 Å². The first kappa shape index (κ1) is 12.7. The Morgan fingerprint density at radius 2 is 2.17 bits per heavy atom. The fourth-order valence-electron chi connectivity index (χ4n) is 2.23. The molecular weight excluding hydrogens is 230 g/mol. The number of hydrogen-bond donors (Lipinski definition) is 2. The van der Waals surface area contributed by atoms with E-state index in [1.807, 2.05) is 24.3 Å². The van der Waals surface area contributed by atoms with Gasteiger partial charge in [-0.15, -0.1) is 0 Å². The van der Waals surface area contributed by atoms with E-state index in [1.165, 1.54) is 0 Å². The summed E-state index contributed by atoms with van der Waals surface area (Å²) in [5.74, 6) is 0.136. The molecule has 0 spiro atoms. The highest BCUT2D eigenvalue weighted by atomic mass is 16.5. The minimum atomic E-state index is 0.136. The molecule has 1 heterocycles. The highest BCUT2D eigenvalue weighted by molar-refractivity contribution is 5.97. The van der Waals surface area contributed by atoms with Crippen molar-refractivity contribution in [2.45, 2.75) is 18.9 Å². The summed E-state index contributed by atoms with van der Waals surface area (Å²) in [7, 11) is 2.07. The molecule has 2 rings (SSSR count). The first-order chi connectivity index (χ1) is 8.72. The Labute approximate surface area is 107 Å². The fraction of sp³-hybridized carbons (Fsp3) is 0.462. The van der Waals surface area contributed by atoms with E-state index in [0.29, 0.717) is 6.04 Å². The molecule has 3 N–H and O–H groups in total. The lowest BCUT2D eigenvalue weighted by molar-refractivity contribution is 0.0855. The van der Waals surface area contributed by atoms with Crippen LogP contribution in [0.1, 0.15) is 18.4 Å². The van der Waals surface area contributed by atoms with E-state index in [1.54, 1.807) is 0 Å². The molecule has 1 fully saturated rings. The number of amidine groups is 1. The zero-order valence-electron chi connectivity index (χ0n) is 10.5. The van der Waals surface area contributed by atoms with Crippen molar-refractivity contribution in [3.63, 3.8) is 0 Å². The van der Waals surface area contributed by atoms with E-state index in [2.05, 4.69) is 17.1 Å². The van der Waals surface area contributed by atoms with Gasteiger partial charge in [0.15, 0.2) is 5.84 Å². The van der Waals surface area contributed by atoms with Crippen LogP contribution in [0.25, 0.3) is 0 Å². The average molecular weight is 249 g/mol. The first-order valence-electron chi connectivity index (χ1n) is 6.11.